The quantitative estimate of drug-likeness (QED) is 0.599. The summed E-state index contributed by atoms with van der Waals surface area (Å²) in [5.74, 6) is 0.0814. The van der Waals surface area contributed by atoms with E-state index in [0.29, 0.717) is 5.02 Å². The lowest BCUT2D eigenvalue weighted by Crippen LogP contribution is -2.43. The van der Waals surface area contributed by atoms with Gasteiger partial charge < -0.3 is 5.32 Å². The summed E-state index contributed by atoms with van der Waals surface area (Å²) in [5.41, 5.74) is 2.45. The molecule has 1 N–H and O–H groups in total. The van der Waals surface area contributed by atoms with Crippen LogP contribution >= 0.6 is 22.9 Å². The van der Waals surface area contributed by atoms with Gasteiger partial charge in [-0.25, -0.2) is 4.98 Å². The number of thiazole rings is 1. The first kappa shape index (κ1) is 19.1. The molecule has 1 atom stereocenters. The molecule has 144 valence electrons. The standard InChI is InChI=1S/C22H22ClN3OS/c1-15(20-26-19(14-28-20)16-5-4-12-24-13-16)25-21(27)22(10-2-3-11-22)17-6-8-18(23)9-7-17/h4-9,12-15H,2-3,10-11H2,1H3,(H,25,27). The van der Waals surface area contributed by atoms with Crippen LogP contribution in [0.2, 0.25) is 5.02 Å². The molecule has 0 aliphatic heterocycles. The monoisotopic (exact) mass is 411 g/mol. The van der Waals surface area contributed by atoms with Crippen LogP contribution in [0.4, 0.5) is 0 Å². The number of hydrogen-bond acceptors (Lipinski definition) is 4. The highest BCUT2D eigenvalue weighted by Gasteiger charge is 2.43. The fraction of sp³-hybridized carbons (Fsp3) is 0.318. The number of nitrogens with one attached hydrogen (secondary N) is 1. The summed E-state index contributed by atoms with van der Waals surface area (Å²) >= 11 is 7.61. The lowest BCUT2D eigenvalue weighted by Gasteiger charge is -2.29. The van der Waals surface area contributed by atoms with Crippen LogP contribution in [0.15, 0.2) is 54.2 Å². The maximum atomic E-state index is 13.3. The van der Waals surface area contributed by atoms with Crippen molar-refractivity contribution in [2.75, 3.05) is 0 Å². The Bertz CT molecular complexity index is 949. The Labute approximate surface area is 174 Å². The highest BCUT2D eigenvalue weighted by atomic mass is 35.5. The minimum absolute atomic E-state index is 0.0814. The fourth-order valence-electron chi connectivity index (χ4n) is 3.92. The average Bonchev–Trinajstić information content (AvgIpc) is 3.40. The van der Waals surface area contributed by atoms with Gasteiger partial charge in [0.2, 0.25) is 5.91 Å². The highest BCUT2D eigenvalue weighted by molar-refractivity contribution is 7.10. The molecule has 0 bridgehead atoms. The van der Waals surface area contributed by atoms with E-state index in [0.717, 1.165) is 47.5 Å². The van der Waals surface area contributed by atoms with Crippen molar-refractivity contribution in [3.8, 4) is 11.3 Å². The zero-order valence-electron chi connectivity index (χ0n) is 15.7. The van der Waals surface area contributed by atoms with Gasteiger partial charge >= 0.3 is 0 Å². The molecule has 0 radical (unpaired) electrons. The Hall–Kier alpha value is -2.24. The van der Waals surface area contributed by atoms with Crippen LogP contribution in [0.25, 0.3) is 11.3 Å². The third-order valence-electron chi connectivity index (χ3n) is 5.49. The second kappa shape index (κ2) is 8.02. The molecule has 1 aromatic carbocycles. The van der Waals surface area contributed by atoms with Gasteiger partial charge in [-0.2, -0.15) is 0 Å². The van der Waals surface area contributed by atoms with Crippen molar-refractivity contribution in [1.29, 1.82) is 0 Å². The number of nitrogens with zero attached hydrogens (tertiary/aromatic N) is 2. The predicted octanol–water partition coefficient (Wildman–Crippen LogP) is 5.55. The van der Waals surface area contributed by atoms with Crippen LogP contribution in [0.5, 0.6) is 0 Å². The van der Waals surface area contributed by atoms with Crippen LogP contribution < -0.4 is 5.32 Å². The maximum Gasteiger partial charge on any atom is 0.231 e. The molecule has 1 amide bonds. The molecule has 4 nitrogen and oxygen atoms in total. The minimum Gasteiger partial charge on any atom is -0.346 e. The number of carbonyl (C=O) groups is 1. The highest BCUT2D eigenvalue weighted by Crippen LogP contribution is 2.42. The Morgan fingerprint density at radius 3 is 2.64 bits per heavy atom. The number of carbonyl (C=O) groups excluding carboxylic acids is 1. The van der Waals surface area contributed by atoms with Crippen molar-refractivity contribution in [3.05, 3.63) is 69.8 Å². The molecule has 3 aromatic rings. The van der Waals surface area contributed by atoms with Gasteiger partial charge in [0, 0.05) is 28.4 Å². The molecule has 2 heterocycles. The lowest BCUT2D eigenvalue weighted by atomic mass is 9.78. The molecule has 1 aliphatic rings. The zero-order valence-corrected chi connectivity index (χ0v) is 17.3. The Kier molecular flexibility index (Phi) is 5.47. The maximum absolute atomic E-state index is 13.3. The first-order valence-corrected chi connectivity index (χ1v) is 10.8. The molecule has 0 saturated heterocycles. The topological polar surface area (TPSA) is 54.9 Å². The van der Waals surface area contributed by atoms with E-state index in [9.17, 15) is 4.79 Å². The van der Waals surface area contributed by atoms with Crippen molar-refractivity contribution in [3.63, 3.8) is 0 Å². The van der Waals surface area contributed by atoms with Gasteiger partial charge in [0.15, 0.2) is 0 Å². The number of hydrogen-bond donors (Lipinski definition) is 1. The Morgan fingerprint density at radius 2 is 1.96 bits per heavy atom. The molecule has 1 aliphatic carbocycles. The van der Waals surface area contributed by atoms with Gasteiger partial charge in [-0.1, -0.05) is 36.6 Å². The summed E-state index contributed by atoms with van der Waals surface area (Å²) < 4.78 is 0. The third kappa shape index (κ3) is 3.69. The third-order valence-corrected chi connectivity index (χ3v) is 6.77. The van der Waals surface area contributed by atoms with Gasteiger partial charge in [-0.3, -0.25) is 9.78 Å². The normalized spacial score (nSPS) is 16.6. The number of aromatic nitrogens is 2. The van der Waals surface area contributed by atoms with Gasteiger partial charge in [0.05, 0.1) is 17.2 Å². The number of rotatable bonds is 5. The summed E-state index contributed by atoms with van der Waals surface area (Å²) in [6.45, 7) is 1.99. The lowest BCUT2D eigenvalue weighted by molar-refractivity contribution is -0.127. The summed E-state index contributed by atoms with van der Waals surface area (Å²) in [6.07, 6.45) is 7.41. The van der Waals surface area contributed by atoms with Gasteiger partial charge in [-0.15, -0.1) is 11.3 Å². The molecule has 28 heavy (non-hydrogen) atoms. The first-order valence-electron chi connectivity index (χ1n) is 9.51. The summed E-state index contributed by atoms with van der Waals surface area (Å²) in [4.78, 5) is 22.2. The van der Waals surface area contributed by atoms with Crippen molar-refractivity contribution >= 4 is 28.8 Å². The molecular formula is C22H22ClN3OS. The second-order valence-electron chi connectivity index (χ2n) is 7.30. The van der Waals surface area contributed by atoms with Crippen molar-refractivity contribution in [2.45, 2.75) is 44.1 Å². The van der Waals surface area contributed by atoms with E-state index < -0.39 is 5.41 Å². The van der Waals surface area contributed by atoms with E-state index >= 15 is 0 Å². The van der Waals surface area contributed by atoms with Crippen molar-refractivity contribution in [1.82, 2.24) is 15.3 Å². The molecule has 0 spiro atoms. The fourth-order valence-corrected chi connectivity index (χ4v) is 4.89. The first-order chi connectivity index (χ1) is 13.6. The van der Waals surface area contributed by atoms with Crippen LogP contribution in [-0.4, -0.2) is 15.9 Å². The number of amides is 1. The second-order valence-corrected chi connectivity index (χ2v) is 8.63. The van der Waals surface area contributed by atoms with Crippen molar-refractivity contribution < 1.29 is 4.79 Å². The molecule has 1 saturated carbocycles. The zero-order chi connectivity index (χ0) is 19.6. The largest absolute Gasteiger partial charge is 0.346 e. The van der Waals surface area contributed by atoms with Crippen LogP contribution in [0.1, 0.15) is 49.2 Å². The van der Waals surface area contributed by atoms with Gasteiger partial charge in [0.25, 0.3) is 0 Å². The summed E-state index contributed by atoms with van der Waals surface area (Å²) in [6, 6.07) is 11.5. The van der Waals surface area contributed by atoms with E-state index in [-0.39, 0.29) is 11.9 Å². The van der Waals surface area contributed by atoms with Gasteiger partial charge in [-0.05, 0) is 49.6 Å². The van der Waals surface area contributed by atoms with E-state index in [1.807, 2.05) is 48.7 Å². The van der Waals surface area contributed by atoms with Gasteiger partial charge in [0.1, 0.15) is 5.01 Å². The SMILES string of the molecule is CC(NC(=O)C1(c2ccc(Cl)cc2)CCCC1)c1nc(-c2cccnc2)cs1. The molecular weight excluding hydrogens is 390 g/mol. The average molecular weight is 412 g/mol. The number of halogens is 1. The number of pyridine rings is 1. The van der Waals surface area contributed by atoms with E-state index in [2.05, 4.69) is 10.3 Å². The van der Waals surface area contributed by atoms with E-state index in [4.69, 9.17) is 16.6 Å². The van der Waals surface area contributed by atoms with Crippen LogP contribution in [-0.2, 0) is 10.2 Å². The Morgan fingerprint density at radius 1 is 1.21 bits per heavy atom. The van der Waals surface area contributed by atoms with Crippen LogP contribution in [0.3, 0.4) is 0 Å². The molecule has 4 rings (SSSR count). The molecule has 6 heteroatoms. The van der Waals surface area contributed by atoms with Crippen molar-refractivity contribution in [2.24, 2.45) is 0 Å². The minimum atomic E-state index is -0.470. The summed E-state index contributed by atoms with van der Waals surface area (Å²) in [7, 11) is 0. The van der Waals surface area contributed by atoms with E-state index in [1.165, 1.54) is 0 Å². The van der Waals surface area contributed by atoms with Crippen LogP contribution in [0, 0.1) is 0 Å². The van der Waals surface area contributed by atoms with E-state index in [1.54, 1.807) is 23.7 Å². The predicted molar refractivity (Wildman–Crippen MR) is 114 cm³/mol. The molecule has 2 aromatic heterocycles. The summed E-state index contributed by atoms with van der Waals surface area (Å²) in [5, 5.41) is 6.82. The Balaban J connectivity index is 1.53. The smallest absolute Gasteiger partial charge is 0.231 e. The molecule has 1 fully saturated rings. The number of benzene rings is 1. The molecule has 1 unspecified atom stereocenters.